The van der Waals surface area contributed by atoms with Crippen LogP contribution in [-0.2, 0) is 0 Å². The van der Waals surface area contributed by atoms with Crippen molar-refractivity contribution in [2.24, 2.45) is 5.92 Å². The minimum absolute atomic E-state index is 0.0599. The summed E-state index contributed by atoms with van der Waals surface area (Å²) in [5.41, 5.74) is 0. The number of alkyl halides is 1. The van der Waals surface area contributed by atoms with Crippen LogP contribution in [0.15, 0.2) is 34.4 Å². The van der Waals surface area contributed by atoms with Gasteiger partial charge in [-0.05, 0) is 19.4 Å². The Bertz CT molecular complexity index is 335. The molecule has 3 unspecified atom stereocenters. The Labute approximate surface area is 105 Å². The highest BCUT2D eigenvalue weighted by atomic mass is 35.5. The first-order chi connectivity index (χ1) is 7.16. The SMILES string of the molecule is CC1NC=C(C(Cl)C2C=CC(Cl)=CC2)S1. The predicted octanol–water partition coefficient (Wildman–Crippen LogP) is 3.82. The number of hydrogen-bond acceptors (Lipinski definition) is 2. The van der Waals surface area contributed by atoms with E-state index >= 15 is 0 Å². The van der Waals surface area contributed by atoms with Crippen molar-refractivity contribution in [1.29, 1.82) is 0 Å². The lowest BCUT2D eigenvalue weighted by atomic mass is 9.96. The van der Waals surface area contributed by atoms with Crippen molar-refractivity contribution in [3.8, 4) is 0 Å². The fourth-order valence-corrected chi connectivity index (χ4v) is 3.21. The van der Waals surface area contributed by atoms with Crippen molar-refractivity contribution >= 4 is 35.0 Å². The van der Waals surface area contributed by atoms with Gasteiger partial charge >= 0.3 is 0 Å². The third kappa shape index (κ3) is 2.74. The van der Waals surface area contributed by atoms with E-state index in [4.69, 9.17) is 23.2 Å². The molecule has 0 radical (unpaired) electrons. The Morgan fingerprint density at radius 2 is 2.40 bits per heavy atom. The molecular formula is C11H13Cl2NS. The molecule has 0 saturated carbocycles. The zero-order valence-electron chi connectivity index (χ0n) is 8.41. The zero-order valence-corrected chi connectivity index (χ0v) is 10.7. The Hall–Kier alpha value is -0.0500. The monoisotopic (exact) mass is 261 g/mol. The first-order valence-electron chi connectivity index (χ1n) is 4.97. The second-order valence-electron chi connectivity index (χ2n) is 3.72. The van der Waals surface area contributed by atoms with Gasteiger partial charge in [0.15, 0.2) is 0 Å². The van der Waals surface area contributed by atoms with E-state index in [1.165, 1.54) is 4.91 Å². The molecule has 1 nitrogen and oxygen atoms in total. The Morgan fingerprint density at radius 3 is 2.93 bits per heavy atom. The lowest BCUT2D eigenvalue weighted by Gasteiger charge is -2.20. The molecule has 0 bridgehead atoms. The zero-order chi connectivity index (χ0) is 10.8. The molecule has 0 aromatic rings. The van der Waals surface area contributed by atoms with Crippen LogP contribution in [0.2, 0.25) is 0 Å². The van der Waals surface area contributed by atoms with Crippen LogP contribution in [0.3, 0.4) is 0 Å². The van der Waals surface area contributed by atoms with E-state index in [-0.39, 0.29) is 5.38 Å². The average molecular weight is 262 g/mol. The number of hydrogen-bond donors (Lipinski definition) is 1. The molecule has 0 fully saturated rings. The van der Waals surface area contributed by atoms with Crippen LogP contribution in [0.25, 0.3) is 0 Å². The summed E-state index contributed by atoms with van der Waals surface area (Å²) < 4.78 is 0. The summed E-state index contributed by atoms with van der Waals surface area (Å²) in [6, 6.07) is 0. The number of allylic oxidation sites excluding steroid dienone is 5. The third-order valence-electron chi connectivity index (χ3n) is 2.51. The van der Waals surface area contributed by atoms with Gasteiger partial charge in [-0.15, -0.1) is 23.4 Å². The van der Waals surface area contributed by atoms with E-state index in [2.05, 4.69) is 18.3 Å². The smallest absolute Gasteiger partial charge is 0.0733 e. The Morgan fingerprint density at radius 1 is 1.60 bits per heavy atom. The minimum Gasteiger partial charge on any atom is -0.378 e. The molecule has 4 heteroatoms. The minimum atomic E-state index is 0.0599. The van der Waals surface area contributed by atoms with Crippen LogP contribution in [0.4, 0.5) is 0 Å². The van der Waals surface area contributed by atoms with Gasteiger partial charge in [-0.2, -0.15) is 0 Å². The molecule has 0 spiro atoms. The van der Waals surface area contributed by atoms with Gasteiger partial charge in [-0.1, -0.05) is 23.8 Å². The van der Waals surface area contributed by atoms with Crippen molar-refractivity contribution < 1.29 is 0 Å². The second kappa shape index (κ2) is 4.86. The van der Waals surface area contributed by atoms with Gasteiger partial charge in [0.1, 0.15) is 0 Å². The molecule has 0 saturated heterocycles. The Balaban J connectivity index is 1.98. The molecule has 0 aromatic heterocycles. The summed E-state index contributed by atoms with van der Waals surface area (Å²) in [5.74, 6) is 0.361. The maximum atomic E-state index is 6.43. The van der Waals surface area contributed by atoms with Crippen molar-refractivity contribution in [1.82, 2.24) is 5.32 Å². The van der Waals surface area contributed by atoms with Crippen molar-refractivity contribution in [3.63, 3.8) is 0 Å². The van der Waals surface area contributed by atoms with E-state index in [9.17, 15) is 0 Å². The largest absolute Gasteiger partial charge is 0.378 e. The van der Waals surface area contributed by atoms with E-state index in [1.54, 1.807) is 11.8 Å². The highest BCUT2D eigenvalue weighted by Gasteiger charge is 2.26. The summed E-state index contributed by atoms with van der Waals surface area (Å²) >= 11 is 14.1. The highest BCUT2D eigenvalue weighted by Crippen LogP contribution is 2.37. The predicted molar refractivity (Wildman–Crippen MR) is 69.1 cm³/mol. The van der Waals surface area contributed by atoms with Crippen LogP contribution in [0, 0.1) is 5.92 Å². The number of rotatable bonds is 2. The summed E-state index contributed by atoms with van der Waals surface area (Å²) in [7, 11) is 0. The first kappa shape index (κ1) is 11.4. The molecule has 0 amide bonds. The Kier molecular flexibility index (Phi) is 3.70. The van der Waals surface area contributed by atoms with Crippen molar-refractivity contribution in [2.45, 2.75) is 24.1 Å². The molecule has 3 atom stereocenters. The lowest BCUT2D eigenvalue weighted by molar-refractivity contribution is 0.669. The maximum Gasteiger partial charge on any atom is 0.0733 e. The molecule has 0 aromatic carbocycles. The number of halogens is 2. The molecule has 1 aliphatic heterocycles. The topological polar surface area (TPSA) is 12.0 Å². The molecule has 2 aliphatic rings. The molecule has 82 valence electrons. The number of nitrogens with one attached hydrogen (secondary N) is 1. The normalized spacial score (nSPS) is 31.9. The average Bonchev–Trinajstić information content (AvgIpc) is 2.65. The number of thioether (sulfide) groups is 1. The summed E-state index contributed by atoms with van der Waals surface area (Å²) in [4.78, 5) is 1.23. The molecule has 1 heterocycles. The van der Waals surface area contributed by atoms with Crippen LogP contribution >= 0.6 is 35.0 Å². The van der Waals surface area contributed by atoms with Crippen LogP contribution < -0.4 is 5.32 Å². The van der Waals surface area contributed by atoms with Gasteiger partial charge in [0.2, 0.25) is 0 Å². The molecule has 1 N–H and O–H groups in total. The van der Waals surface area contributed by atoms with Gasteiger partial charge < -0.3 is 5.32 Å². The summed E-state index contributed by atoms with van der Waals surface area (Å²) in [6.45, 7) is 2.13. The van der Waals surface area contributed by atoms with Gasteiger partial charge in [-0.25, -0.2) is 0 Å². The lowest BCUT2D eigenvalue weighted by Crippen LogP contribution is -2.14. The highest BCUT2D eigenvalue weighted by molar-refractivity contribution is 8.04. The fourth-order valence-electron chi connectivity index (χ4n) is 1.66. The quantitative estimate of drug-likeness (QED) is 0.759. The van der Waals surface area contributed by atoms with Gasteiger partial charge in [0.25, 0.3) is 0 Å². The molecule has 15 heavy (non-hydrogen) atoms. The van der Waals surface area contributed by atoms with E-state index in [0.29, 0.717) is 11.3 Å². The molecule has 1 aliphatic carbocycles. The molecular weight excluding hydrogens is 249 g/mol. The summed E-state index contributed by atoms with van der Waals surface area (Å²) in [5, 5.41) is 4.56. The summed E-state index contributed by atoms with van der Waals surface area (Å²) in [6.07, 6.45) is 9.02. The van der Waals surface area contributed by atoms with Crippen LogP contribution in [0.5, 0.6) is 0 Å². The molecule has 2 rings (SSSR count). The van der Waals surface area contributed by atoms with Crippen molar-refractivity contribution in [2.75, 3.05) is 0 Å². The van der Waals surface area contributed by atoms with E-state index in [1.807, 2.05) is 18.4 Å². The van der Waals surface area contributed by atoms with E-state index < -0.39 is 0 Å². The standard InChI is InChI=1S/C11H13Cl2NS/c1-7-14-6-10(15-7)11(13)8-2-4-9(12)5-3-8/h2,4-8,11,14H,3H2,1H3. The van der Waals surface area contributed by atoms with Gasteiger partial charge in [-0.3, -0.25) is 0 Å². The van der Waals surface area contributed by atoms with E-state index in [0.717, 1.165) is 11.5 Å². The van der Waals surface area contributed by atoms with Gasteiger partial charge in [0, 0.05) is 22.1 Å². The van der Waals surface area contributed by atoms with Crippen LogP contribution in [-0.4, -0.2) is 10.8 Å². The van der Waals surface area contributed by atoms with Crippen LogP contribution in [0.1, 0.15) is 13.3 Å². The maximum absolute atomic E-state index is 6.43. The first-order valence-corrected chi connectivity index (χ1v) is 6.67. The third-order valence-corrected chi connectivity index (χ3v) is 4.61. The fraction of sp³-hybridized carbons (Fsp3) is 0.455. The van der Waals surface area contributed by atoms with Crippen molar-refractivity contribution in [3.05, 3.63) is 34.4 Å². The van der Waals surface area contributed by atoms with Gasteiger partial charge in [0.05, 0.1) is 10.8 Å². The second-order valence-corrected chi connectivity index (χ2v) is 6.04.